The predicted molar refractivity (Wildman–Crippen MR) is 88.8 cm³/mol. The second-order valence-electron chi connectivity index (χ2n) is 7.82. The van der Waals surface area contributed by atoms with Crippen molar-refractivity contribution in [2.24, 2.45) is 0 Å². The number of carboxylic acid groups (broad SMARTS) is 1. The van der Waals surface area contributed by atoms with Crippen LogP contribution in [0.5, 0.6) is 0 Å². The summed E-state index contributed by atoms with van der Waals surface area (Å²) in [4.78, 5) is 10.9. The number of nitrogens with zero attached hydrogens (tertiary/aromatic N) is 2. The second kappa shape index (κ2) is 6.16. The Morgan fingerprint density at radius 2 is 1.91 bits per heavy atom. The molecule has 1 aromatic heterocycles. The standard InChI is InChI=1S/C16H28N2O3Si/c1-16(2,3)22(4,5)21-14-8-6-13(7-9-14)18-11-12(10-17-18)15(19)20/h10-11,13-14H,6-9H2,1-5H3,(H,19,20). The molecule has 124 valence electrons. The molecule has 0 bridgehead atoms. The van der Waals surface area contributed by atoms with E-state index in [4.69, 9.17) is 9.53 Å². The monoisotopic (exact) mass is 324 g/mol. The lowest BCUT2D eigenvalue weighted by Gasteiger charge is -2.41. The van der Waals surface area contributed by atoms with Gasteiger partial charge >= 0.3 is 5.97 Å². The first-order valence-electron chi connectivity index (χ1n) is 8.05. The number of rotatable bonds is 4. The maximum atomic E-state index is 10.9. The third-order valence-electron chi connectivity index (χ3n) is 5.13. The van der Waals surface area contributed by atoms with Crippen LogP contribution in [-0.4, -0.2) is 35.3 Å². The van der Waals surface area contributed by atoms with Crippen LogP contribution in [-0.2, 0) is 4.43 Å². The first kappa shape index (κ1) is 17.2. The van der Waals surface area contributed by atoms with Crippen LogP contribution in [0, 0.1) is 0 Å². The van der Waals surface area contributed by atoms with Crippen molar-refractivity contribution in [2.45, 2.75) is 76.7 Å². The summed E-state index contributed by atoms with van der Waals surface area (Å²) in [7, 11) is -1.70. The zero-order valence-electron chi connectivity index (χ0n) is 14.3. The molecule has 0 unspecified atom stereocenters. The van der Waals surface area contributed by atoms with Crippen molar-refractivity contribution in [3.05, 3.63) is 18.0 Å². The normalized spacial score (nSPS) is 23.5. The fourth-order valence-corrected chi connectivity index (χ4v) is 4.09. The zero-order valence-corrected chi connectivity index (χ0v) is 15.3. The number of hydrogen-bond donors (Lipinski definition) is 1. The Hall–Kier alpha value is -1.14. The summed E-state index contributed by atoms with van der Waals surface area (Å²) in [6, 6.07) is 0.298. The van der Waals surface area contributed by atoms with Gasteiger partial charge in [-0.1, -0.05) is 20.8 Å². The summed E-state index contributed by atoms with van der Waals surface area (Å²) in [5.74, 6) is -0.916. The average Bonchev–Trinajstić information content (AvgIpc) is 2.87. The van der Waals surface area contributed by atoms with Gasteiger partial charge in [0.05, 0.1) is 17.8 Å². The first-order valence-corrected chi connectivity index (χ1v) is 11.0. The van der Waals surface area contributed by atoms with Crippen molar-refractivity contribution in [2.75, 3.05) is 0 Å². The highest BCUT2D eigenvalue weighted by molar-refractivity contribution is 6.74. The molecule has 0 radical (unpaired) electrons. The molecule has 22 heavy (non-hydrogen) atoms. The van der Waals surface area contributed by atoms with E-state index in [-0.39, 0.29) is 10.6 Å². The molecule has 2 rings (SSSR count). The number of carboxylic acids is 1. The molecule has 1 fully saturated rings. The van der Waals surface area contributed by atoms with E-state index >= 15 is 0 Å². The Morgan fingerprint density at radius 1 is 1.32 bits per heavy atom. The van der Waals surface area contributed by atoms with Gasteiger partial charge in [0.1, 0.15) is 0 Å². The first-order chi connectivity index (χ1) is 10.1. The van der Waals surface area contributed by atoms with Crippen molar-refractivity contribution in [1.82, 2.24) is 9.78 Å². The van der Waals surface area contributed by atoms with Crippen LogP contribution >= 0.6 is 0 Å². The molecule has 5 nitrogen and oxygen atoms in total. The Balaban J connectivity index is 1.91. The Bertz CT molecular complexity index is 526. The topological polar surface area (TPSA) is 64.3 Å². The van der Waals surface area contributed by atoms with Crippen molar-refractivity contribution in [3.8, 4) is 0 Å². The third kappa shape index (κ3) is 3.79. The van der Waals surface area contributed by atoms with Gasteiger partial charge in [0, 0.05) is 12.3 Å². The molecule has 1 saturated carbocycles. The minimum absolute atomic E-state index is 0.238. The molecule has 1 N–H and O–H groups in total. The van der Waals surface area contributed by atoms with Gasteiger partial charge in [0.2, 0.25) is 0 Å². The molecule has 0 spiro atoms. The Morgan fingerprint density at radius 3 is 2.36 bits per heavy atom. The molecule has 1 aliphatic rings. The van der Waals surface area contributed by atoms with Crippen molar-refractivity contribution in [3.63, 3.8) is 0 Å². The molecule has 0 saturated heterocycles. The van der Waals surface area contributed by atoms with Crippen molar-refractivity contribution in [1.29, 1.82) is 0 Å². The smallest absolute Gasteiger partial charge is 0.338 e. The summed E-state index contributed by atoms with van der Waals surface area (Å²) in [5.41, 5.74) is 0.264. The van der Waals surface area contributed by atoms with E-state index in [0.717, 1.165) is 25.7 Å². The number of aromatic nitrogens is 2. The lowest BCUT2D eigenvalue weighted by molar-refractivity contribution is 0.0696. The molecule has 0 aliphatic heterocycles. The summed E-state index contributed by atoms with van der Waals surface area (Å²) in [5, 5.41) is 13.4. The van der Waals surface area contributed by atoms with Gasteiger partial charge in [0.25, 0.3) is 0 Å². The minimum Gasteiger partial charge on any atom is -0.478 e. The van der Waals surface area contributed by atoms with Crippen molar-refractivity contribution >= 4 is 14.3 Å². The number of aromatic carboxylic acids is 1. The SMILES string of the molecule is CC(C)(C)[Si](C)(C)OC1CCC(n2cc(C(=O)O)cn2)CC1. The van der Waals surface area contributed by atoms with E-state index in [9.17, 15) is 4.79 Å². The highest BCUT2D eigenvalue weighted by Gasteiger charge is 2.39. The molecule has 0 atom stereocenters. The van der Waals surface area contributed by atoms with Crippen LogP contribution in [0.3, 0.4) is 0 Å². The fraction of sp³-hybridized carbons (Fsp3) is 0.750. The van der Waals surface area contributed by atoms with E-state index in [1.807, 2.05) is 4.68 Å². The Kier molecular flexibility index (Phi) is 4.82. The second-order valence-corrected chi connectivity index (χ2v) is 12.6. The third-order valence-corrected chi connectivity index (χ3v) is 9.67. The molecular weight excluding hydrogens is 296 g/mol. The van der Waals surface area contributed by atoms with Gasteiger partial charge in [0.15, 0.2) is 8.32 Å². The highest BCUT2D eigenvalue weighted by atomic mass is 28.4. The largest absolute Gasteiger partial charge is 0.478 e. The molecule has 0 amide bonds. The lowest BCUT2D eigenvalue weighted by Crippen LogP contribution is -2.44. The Labute approximate surface area is 133 Å². The summed E-state index contributed by atoms with van der Waals surface area (Å²) >= 11 is 0. The number of hydrogen-bond acceptors (Lipinski definition) is 3. The summed E-state index contributed by atoms with van der Waals surface area (Å²) < 4.78 is 8.30. The van der Waals surface area contributed by atoms with Crippen LogP contribution in [0.1, 0.15) is 62.9 Å². The fourth-order valence-electron chi connectivity index (χ4n) is 2.67. The minimum atomic E-state index is -1.70. The molecule has 6 heteroatoms. The highest BCUT2D eigenvalue weighted by Crippen LogP contribution is 2.40. The van der Waals surface area contributed by atoms with Crippen LogP contribution in [0.25, 0.3) is 0 Å². The quantitative estimate of drug-likeness (QED) is 0.847. The van der Waals surface area contributed by atoms with Crippen LogP contribution in [0.4, 0.5) is 0 Å². The van der Waals surface area contributed by atoms with E-state index in [1.54, 1.807) is 6.20 Å². The molecule has 1 heterocycles. The zero-order chi connectivity index (χ0) is 16.5. The van der Waals surface area contributed by atoms with Gasteiger partial charge in [-0.3, -0.25) is 4.68 Å². The van der Waals surface area contributed by atoms with Gasteiger partial charge < -0.3 is 9.53 Å². The van der Waals surface area contributed by atoms with E-state index in [1.165, 1.54) is 6.20 Å². The van der Waals surface area contributed by atoms with Gasteiger partial charge in [-0.15, -0.1) is 0 Å². The summed E-state index contributed by atoms with van der Waals surface area (Å²) in [6.07, 6.45) is 7.47. The predicted octanol–water partition coefficient (Wildman–Crippen LogP) is 4.09. The van der Waals surface area contributed by atoms with Gasteiger partial charge in [-0.2, -0.15) is 5.10 Å². The van der Waals surface area contributed by atoms with E-state index in [0.29, 0.717) is 12.1 Å². The van der Waals surface area contributed by atoms with E-state index < -0.39 is 14.3 Å². The lowest BCUT2D eigenvalue weighted by atomic mass is 9.93. The van der Waals surface area contributed by atoms with Crippen molar-refractivity contribution < 1.29 is 14.3 Å². The van der Waals surface area contributed by atoms with Crippen LogP contribution in [0.2, 0.25) is 18.1 Å². The molecule has 1 aromatic rings. The molecular formula is C16H28N2O3Si. The average molecular weight is 324 g/mol. The summed E-state index contributed by atoms with van der Waals surface area (Å²) in [6.45, 7) is 11.4. The van der Waals surface area contributed by atoms with Crippen LogP contribution < -0.4 is 0 Å². The maximum Gasteiger partial charge on any atom is 0.338 e. The van der Waals surface area contributed by atoms with E-state index in [2.05, 4.69) is 39.0 Å². The molecule has 0 aromatic carbocycles. The van der Waals surface area contributed by atoms with Gasteiger partial charge in [-0.25, -0.2) is 4.79 Å². The van der Waals surface area contributed by atoms with Gasteiger partial charge in [-0.05, 0) is 43.8 Å². The number of carbonyl (C=O) groups is 1. The maximum absolute atomic E-state index is 10.9. The molecule has 1 aliphatic carbocycles. The van der Waals surface area contributed by atoms with Crippen LogP contribution in [0.15, 0.2) is 12.4 Å².